The molecule has 4 nitrogen and oxygen atoms in total. The van der Waals surface area contributed by atoms with Crippen LogP contribution in [0.15, 0.2) is 0 Å². The van der Waals surface area contributed by atoms with Crippen LogP contribution >= 0.6 is 21.6 Å². The van der Waals surface area contributed by atoms with E-state index in [4.69, 9.17) is 4.74 Å². The van der Waals surface area contributed by atoms with E-state index < -0.39 is 5.60 Å². The first-order chi connectivity index (χ1) is 7.85. The molecular weight excluding hydrogens is 260 g/mol. The SMILES string of the molecule is COC(=O)SSCCCCC(=O)OC(C)(C)C. The van der Waals surface area contributed by atoms with Crippen LogP contribution in [0.2, 0.25) is 0 Å². The van der Waals surface area contributed by atoms with Gasteiger partial charge in [-0.1, -0.05) is 10.8 Å². The van der Waals surface area contributed by atoms with Gasteiger partial charge in [0.05, 0.1) is 7.11 Å². The lowest BCUT2D eigenvalue weighted by atomic mass is 10.2. The summed E-state index contributed by atoms with van der Waals surface area (Å²) >= 11 is 0. The van der Waals surface area contributed by atoms with Crippen molar-refractivity contribution in [3.8, 4) is 0 Å². The van der Waals surface area contributed by atoms with Crippen molar-refractivity contribution < 1.29 is 19.1 Å². The summed E-state index contributed by atoms with van der Waals surface area (Å²) in [6.07, 6.45) is 2.10. The number of carbonyl (C=O) groups excluding carboxylic acids is 2. The predicted octanol–water partition coefficient (Wildman–Crippen LogP) is 3.65. The van der Waals surface area contributed by atoms with E-state index >= 15 is 0 Å². The Labute approximate surface area is 111 Å². The topological polar surface area (TPSA) is 52.6 Å². The van der Waals surface area contributed by atoms with Gasteiger partial charge >= 0.3 is 11.3 Å². The maximum Gasteiger partial charge on any atom is 0.377 e. The second-order valence-corrected chi connectivity index (χ2v) is 6.75. The molecule has 0 aliphatic heterocycles. The van der Waals surface area contributed by atoms with E-state index in [1.54, 1.807) is 0 Å². The van der Waals surface area contributed by atoms with Gasteiger partial charge in [-0.2, -0.15) is 0 Å². The lowest BCUT2D eigenvalue weighted by molar-refractivity contribution is -0.154. The molecule has 0 fully saturated rings. The molecule has 0 spiro atoms. The van der Waals surface area contributed by atoms with Crippen molar-refractivity contribution >= 4 is 32.9 Å². The predicted molar refractivity (Wildman–Crippen MR) is 72.2 cm³/mol. The molecule has 0 aromatic carbocycles. The van der Waals surface area contributed by atoms with Crippen LogP contribution in [-0.2, 0) is 14.3 Å². The van der Waals surface area contributed by atoms with Gasteiger partial charge in [-0.25, -0.2) is 4.79 Å². The summed E-state index contributed by atoms with van der Waals surface area (Å²) in [4.78, 5) is 22.1. The summed E-state index contributed by atoms with van der Waals surface area (Å²) in [5, 5.41) is -0.290. The molecule has 0 aliphatic carbocycles. The van der Waals surface area contributed by atoms with Crippen LogP contribution in [0, 0.1) is 0 Å². The standard InChI is InChI=1S/C11H20O4S2/c1-11(2,3)15-9(12)7-5-6-8-16-17-10(13)14-4/h5-8H2,1-4H3. The van der Waals surface area contributed by atoms with Crippen LogP contribution < -0.4 is 0 Å². The highest BCUT2D eigenvalue weighted by Gasteiger charge is 2.15. The van der Waals surface area contributed by atoms with E-state index in [0.717, 1.165) is 29.4 Å². The Bertz CT molecular complexity index is 248. The molecule has 0 unspecified atom stereocenters. The van der Waals surface area contributed by atoms with Crippen molar-refractivity contribution in [3.05, 3.63) is 0 Å². The molecular formula is C11H20O4S2. The van der Waals surface area contributed by atoms with Gasteiger partial charge in [0.1, 0.15) is 5.60 Å². The number of carbonyl (C=O) groups is 2. The molecule has 0 saturated heterocycles. The first-order valence-corrected chi connectivity index (χ1v) is 7.76. The number of methoxy groups -OCH3 is 1. The maximum absolute atomic E-state index is 11.3. The van der Waals surface area contributed by atoms with Crippen molar-refractivity contribution in [3.63, 3.8) is 0 Å². The van der Waals surface area contributed by atoms with Gasteiger partial charge in [0, 0.05) is 23.0 Å². The number of unbranched alkanes of at least 4 members (excludes halogenated alkanes) is 1. The fraction of sp³-hybridized carbons (Fsp3) is 0.818. The molecule has 6 heteroatoms. The summed E-state index contributed by atoms with van der Waals surface area (Å²) < 4.78 is 9.65. The Morgan fingerprint density at radius 3 is 2.35 bits per heavy atom. The van der Waals surface area contributed by atoms with Gasteiger partial charge < -0.3 is 9.47 Å². The summed E-state index contributed by atoms with van der Waals surface area (Å²) in [6.45, 7) is 5.56. The second-order valence-electron chi connectivity index (χ2n) is 4.40. The van der Waals surface area contributed by atoms with Crippen LogP contribution in [0.1, 0.15) is 40.0 Å². The Morgan fingerprint density at radius 1 is 1.18 bits per heavy atom. The molecule has 0 heterocycles. The van der Waals surface area contributed by atoms with Crippen molar-refractivity contribution in [2.24, 2.45) is 0 Å². The molecule has 0 aromatic rings. The summed E-state index contributed by atoms with van der Waals surface area (Å²) in [6, 6.07) is 0. The van der Waals surface area contributed by atoms with Crippen LogP contribution in [0.5, 0.6) is 0 Å². The molecule has 0 rings (SSSR count). The van der Waals surface area contributed by atoms with Gasteiger partial charge in [-0.15, -0.1) is 0 Å². The minimum atomic E-state index is -0.410. The van der Waals surface area contributed by atoms with Crippen molar-refractivity contribution in [1.29, 1.82) is 0 Å². The lowest BCUT2D eigenvalue weighted by Gasteiger charge is -2.19. The highest BCUT2D eigenvalue weighted by molar-refractivity contribution is 8.82. The highest BCUT2D eigenvalue weighted by Crippen LogP contribution is 2.24. The summed E-state index contributed by atoms with van der Waals surface area (Å²) in [5.41, 5.74) is -0.410. The Morgan fingerprint density at radius 2 is 1.82 bits per heavy atom. The van der Waals surface area contributed by atoms with Gasteiger partial charge in [-0.3, -0.25) is 4.79 Å². The zero-order valence-corrected chi connectivity index (χ0v) is 12.4. The lowest BCUT2D eigenvalue weighted by Crippen LogP contribution is -2.23. The van der Waals surface area contributed by atoms with E-state index in [1.807, 2.05) is 20.8 Å². The number of esters is 1. The molecule has 100 valence electrons. The van der Waals surface area contributed by atoms with Crippen molar-refractivity contribution in [2.45, 2.75) is 45.6 Å². The monoisotopic (exact) mass is 280 g/mol. The first-order valence-electron chi connectivity index (χ1n) is 5.44. The Kier molecular flexibility index (Phi) is 8.51. The molecule has 0 N–H and O–H groups in total. The van der Waals surface area contributed by atoms with Crippen molar-refractivity contribution in [1.82, 2.24) is 0 Å². The number of ether oxygens (including phenoxy) is 2. The Hall–Kier alpha value is -0.360. The second kappa shape index (κ2) is 8.69. The number of hydrogen-bond donors (Lipinski definition) is 0. The normalized spacial score (nSPS) is 11.1. The smallest absolute Gasteiger partial charge is 0.377 e. The number of rotatable bonds is 6. The van der Waals surface area contributed by atoms with E-state index in [0.29, 0.717) is 6.42 Å². The summed E-state index contributed by atoms with van der Waals surface area (Å²) in [5.74, 6) is 0.658. The quantitative estimate of drug-likeness (QED) is 0.420. The maximum atomic E-state index is 11.3. The average molecular weight is 280 g/mol. The summed E-state index contributed by atoms with van der Waals surface area (Å²) in [7, 11) is 3.88. The van der Waals surface area contributed by atoms with Gasteiger partial charge in [0.15, 0.2) is 0 Å². The van der Waals surface area contributed by atoms with Crippen LogP contribution in [0.4, 0.5) is 4.79 Å². The van der Waals surface area contributed by atoms with E-state index in [9.17, 15) is 9.59 Å². The van der Waals surface area contributed by atoms with Crippen LogP contribution in [0.3, 0.4) is 0 Å². The minimum absolute atomic E-state index is 0.164. The zero-order valence-electron chi connectivity index (χ0n) is 10.8. The number of hydrogen-bond acceptors (Lipinski definition) is 6. The molecule has 0 bridgehead atoms. The van der Waals surface area contributed by atoms with Crippen LogP contribution in [0.25, 0.3) is 0 Å². The van der Waals surface area contributed by atoms with E-state index in [1.165, 1.54) is 17.9 Å². The van der Waals surface area contributed by atoms with Gasteiger partial charge in [0.25, 0.3) is 0 Å². The Balaban J connectivity index is 3.40. The zero-order chi connectivity index (χ0) is 13.3. The molecule has 0 radical (unpaired) electrons. The molecule has 0 amide bonds. The molecule has 0 aromatic heterocycles. The molecule has 0 aliphatic rings. The minimum Gasteiger partial charge on any atom is -0.460 e. The van der Waals surface area contributed by atoms with E-state index in [2.05, 4.69) is 4.74 Å². The molecule has 0 saturated carbocycles. The van der Waals surface area contributed by atoms with E-state index in [-0.39, 0.29) is 11.3 Å². The first kappa shape index (κ1) is 16.6. The molecule has 17 heavy (non-hydrogen) atoms. The van der Waals surface area contributed by atoms with Gasteiger partial charge in [0.2, 0.25) is 0 Å². The third-order valence-electron chi connectivity index (χ3n) is 1.57. The average Bonchev–Trinajstić information content (AvgIpc) is 2.20. The van der Waals surface area contributed by atoms with Crippen LogP contribution in [-0.4, -0.2) is 29.7 Å². The van der Waals surface area contributed by atoms with Crippen molar-refractivity contribution in [2.75, 3.05) is 12.9 Å². The fourth-order valence-electron chi connectivity index (χ4n) is 0.947. The highest BCUT2D eigenvalue weighted by atomic mass is 33.1. The largest absolute Gasteiger partial charge is 0.460 e. The molecule has 0 atom stereocenters. The fourth-order valence-corrected chi connectivity index (χ4v) is 2.61. The third-order valence-corrected chi connectivity index (χ3v) is 3.71. The third kappa shape index (κ3) is 11.9. The van der Waals surface area contributed by atoms with Gasteiger partial charge in [-0.05, 0) is 33.6 Å².